The second-order valence-electron chi connectivity index (χ2n) is 5.56. The van der Waals surface area contributed by atoms with Crippen LogP contribution in [0, 0.1) is 0 Å². The molecule has 2 aromatic carbocycles. The van der Waals surface area contributed by atoms with Crippen LogP contribution in [-0.4, -0.2) is 30.0 Å². The fourth-order valence-corrected chi connectivity index (χ4v) is 2.74. The molecule has 5 nitrogen and oxygen atoms in total. The summed E-state index contributed by atoms with van der Waals surface area (Å²) < 4.78 is 6.08. The second kappa shape index (κ2) is 8.89. The Bertz CT molecular complexity index is 856. The molecule has 0 unspecified atom stereocenters. The molecule has 0 radical (unpaired) electrons. The number of benzene rings is 2. The molecule has 0 amide bonds. The highest BCUT2D eigenvalue weighted by molar-refractivity contribution is 6.80. The summed E-state index contributed by atoms with van der Waals surface area (Å²) >= 11 is 12.0. The van der Waals surface area contributed by atoms with Crippen molar-refractivity contribution in [1.29, 1.82) is 0 Å². The van der Waals surface area contributed by atoms with E-state index in [4.69, 9.17) is 27.9 Å². The molecule has 0 saturated carbocycles. The fraction of sp³-hybridized carbons (Fsp3) is 0.111. The van der Waals surface area contributed by atoms with Crippen LogP contribution in [0.5, 0.6) is 0 Å². The van der Waals surface area contributed by atoms with Gasteiger partial charge in [0.15, 0.2) is 0 Å². The van der Waals surface area contributed by atoms with Crippen molar-refractivity contribution in [3.63, 3.8) is 0 Å². The van der Waals surface area contributed by atoms with Gasteiger partial charge < -0.3 is 15.0 Å². The molecule has 0 aliphatic carbocycles. The Morgan fingerprint density at radius 1 is 0.962 bits per heavy atom. The van der Waals surface area contributed by atoms with E-state index in [0.717, 1.165) is 10.9 Å². The van der Waals surface area contributed by atoms with Gasteiger partial charge in [0.25, 0.3) is 0 Å². The van der Waals surface area contributed by atoms with Crippen molar-refractivity contribution < 1.29 is 4.65 Å². The molecule has 0 saturated heterocycles. The van der Waals surface area contributed by atoms with Crippen LogP contribution in [0.2, 0.25) is 10.0 Å². The molecule has 3 rings (SSSR count). The van der Waals surface area contributed by atoms with Gasteiger partial charge in [-0.15, -0.1) is 0 Å². The van der Waals surface area contributed by atoms with Crippen molar-refractivity contribution in [3.8, 4) is 0 Å². The average molecular weight is 388 g/mol. The number of aromatic nitrogens is 2. The van der Waals surface area contributed by atoms with Crippen LogP contribution >= 0.6 is 23.2 Å². The Balaban J connectivity index is 1.68. The Kier molecular flexibility index (Phi) is 6.33. The van der Waals surface area contributed by atoms with Crippen LogP contribution in [0.4, 0.5) is 5.82 Å². The number of hydrogen-bond donors (Lipinski definition) is 2. The van der Waals surface area contributed by atoms with Gasteiger partial charge in [0.05, 0.1) is 0 Å². The van der Waals surface area contributed by atoms with E-state index in [1.807, 2.05) is 48.5 Å². The van der Waals surface area contributed by atoms with Crippen LogP contribution in [0.25, 0.3) is 0 Å². The highest BCUT2D eigenvalue weighted by Gasteiger charge is 2.21. The summed E-state index contributed by atoms with van der Waals surface area (Å²) in [5.41, 5.74) is 1.59. The lowest BCUT2D eigenvalue weighted by molar-refractivity contribution is 0.349. The topological polar surface area (TPSA) is 67.0 Å². The minimum atomic E-state index is -0.392. The first kappa shape index (κ1) is 18.5. The molecule has 1 aromatic heterocycles. The molecule has 0 atom stereocenters. The van der Waals surface area contributed by atoms with E-state index in [1.54, 1.807) is 12.3 Å². The van der Waals surface area contributed by atoms with Crippen LogP contribution in [0.15, 0.2) is 65.6 Å². The van der Waals surface area contributed by atoms with Crippen molar-refractivity contribution >= 4 is 46.9 Å². The van der Waals surface area contributed by atoms with Crippen LogP contribution in [0.3, 0.4) is 0 Å². The minimum Gasteiger partial charge on any atom is -0.425 e. The third kappa shape index (κ3) is 5.11. The Hall–Kier alpha value is -2.28. The van der Waals surface area contributed by atoms with Gasteiger partial charge in [-0.05, 0) is 41.3 Å². The molecule has 8 heteroatoms. The highest BCUT2D eigenvalue weighted by atomic mass is 35.5. The van der Waals surface area contributed by atoms with Crippen molar-refractivity contribution in [2.75, 3.05) is 18.5 Å². The van der Waals surface area contributed by atoms with E-state index in [-0.39, 0.29) is 6.92 Å². The molecule has 26 heavy (non-hydrogen) atoms. The minimum absolute atomic E-state index is 0.251. The summed E-state index contributed by atoms with van der Waals surface area (Å²) in [7, 11) is 0. The maximum Gasteiger partial charge on any atom is 0.361 e. The lowest BCUT2D eigenvalue weighted by Gasteiger charge is -2.16. The first-order valence-corrected chi connectivity index (χ1v) is 8.79. The van der Waals surface area contributed by atoms with Crippen molar-refractivity contribution in [1.82, 2.24) is 9.97 Å². The lowest BCUT2D eigenvalue weighted by Crippen LogP contribution is -2.45. The van der Waals surface area contributed by atoms with Gasteiger partial charge in [-0.3, -0.25) is 0 Å². The van der Waals surface area contributed by atoms with Gasteiger partial charge >= 0.3 is 12.6 Å². The zero-order chi connectivity index (χ0) is 18.4. The van der Waals surface area contributed by atoms with Crippen molar-refractivity contribution in [3.05, 3.63) is 81.3 Å². The fourth-order valence-electron chi connectivity index (χ4n) is 2.49. The smallest absolute Gasteiger partial charge is 0.361 e. The first-order valence-electron chi connectivity index (χ1n) is 8.04. The van der Waals surface area contributed by atoms with Gasteiger partial charge in [-0.1, -0.05) is 47.5 Å². The summed E-state index contributed by atoms with van der Waals surface area (Å²) in [5.74, 6) is 0.506. The van der Waals surface area contributed by atoms with Gasteiger partial charge in [0.1, 0.15) is 5.82 Å². The van der Waals surface area contributed by atoms with E-state index < -0.39 is 5.69 Å². The molecule has 0 aliphatic rings. The number of aromatic amines is 1. The van der Waals surface area contributed by atoms with Crippen LogP contribution in [0.1, 0.15) is 0 Å². The third-order valence-corrected chi connectivity index (χ3v) is 4.21. The molecule has 0 bridgehead atoms. The Morgan fingerprint density at radius 2 is 1.54 bits per heavy atom. The van der Waals surface area contributed by atoms with Gasteiger partial charge in [0, 0.05) is 29.4 Å². The molecule has 1 heterocycles. The molecule has 0 fully saturated rings. The van der Waals surface area contributed by atoms with E-state index in [0.29, 0.717) is 29.0 Å². The number of halogens is 2. The molecule has 0 spiro atoms. The molecule has 132 valence electrons. The zero-order valence-electron chi connectivity index (χ0n) is 13.8. The number of hydrogen-bond acceptors (Lipinski definition) is 4. The first-order chi connectivity index (χ1) is 12.6. The largest absolute Gasteiger partial charge is 0.425 e. The quantitative estimate of drug-likeness (QED) is 0.482. The number of H-pyrrole nitrogens is 1. The summed E-state index contributed by atoms with van der Waals surface area (Å²) in [6.45, 7) is 0.678. The molecular weight excluding hydrogens is 372 g/mol. The van der Waals surface area contributed by atoms with Crippen molar-refractivity contribution in [2.24, 2.45) is 0 Å². The summed E-state index contributed by atoms with van der Waals surface area (Å²) in [6.07, 6.45) is 1.54. The number of nitrogens with one attached hydrogen (secondary N) is 2. The SMILES string of the molecule is O=c1nc(NCCOB(c2ccc(Cl)cc2)c2ccc(Cl)cc2)cc[nH]1. The maximum absolute atomic E-state index is 11.2. The average Bonchev–Trinajstić information content (AvgIpc) is 2.64. The second-order valence-corrected chi connectivity index (χ2v) is 6.43. The molecular formula is C18H16BCl2N3O2. The molecule has 3 aromatic rings. The van der Waals surface area contributed by atoms with Crippen molar-refractivity contribution in [2.45, 2.75) is 0 Å². The lowest BCUT2D eigenvalue weighted by atomic mass is 9.55. The monoisotopic (exact) mass is 387 g/mol. The number of nitrogens with zero attached hydrogens (tertiary/aromatic N) is 1. The standard InChI is InChI=1S/C18H16BCl2N3O2/c20-15-5-1-13(2-6-15)19(14-3-7-16(21)8-4-14)26-12-11-22-17-9-10-23-18(25)24-17/h1-10H,11-12H2,(H2,22,23,24,25). The summed E-state index contributed by atoms with van der Waals surface area (Å²) in [5, 5.41) is 4.41. The molecule has 0 aliphatic heterocycles. The number of rotatable bonds is 7. The Morgan fingerprint density at radius 3 is 2.08 bits per heavy atom. The third-order valence-electron chi connectivity index (χ3n) is 3.71. The van der Waals surface area contributed by atoms with E-state index in [9.17, 15) is 4.79 Å². The van der Waals surface area contributed by atoms with Crippen LogP contribution < -0.4 is 21.9 Å². The van der Waals surface area contributed by atoms with E-state index >= 15 is 0 Å². The highest BCUT2D eigenvalue weighted by Crippen LogP contribution is 2.07. The summed E-state index contributed by atoms with van der Waals surface area (Å²) in [4.78, 5) is 17.5. The van der Waals surface area contributed by atoms with E-state index in [1.165, 1.54) is 0 Å². The Labute approximate surface area is 161 Å². The predicted octanol–water partition coefficient (Wildman–Crippen LogP) is 2.31. The summed E-state index contributed by atoms with van der Waals surface area (Å²) in [6, 6.07) is 16.8. The number of anilines is 1. The van der Waals surface area contributed by atoms with Gasteiger partial charge in [-0.25, -0.2) is 4.79 Å². The van der Waals surface area contributed by atoms with Gasteiger partial charge in [-0.2, -0.15) is 4.98 Å². The predicted molar refractivity (Wildman–Crippen MR) is 107 cm³/mol. The zero-order valence-corrected chi connectivity index (χ0v) is 15.3. The van der Waals surface area contributed by atoms with Gasteiger partial charge in [0.2, 0.25) is 0 Å². The normalized spacial score (nSPS) is 10.5. The van der Waals surface area contributed by atoms with Crippen LogP contribution in [-0.2, 0) is 4.65 Å². The maximum atomic E-state index is 11.2. The van der Waals surface area contributed by atoms with E-state index in [2.05, 4.69) is 15.3 Å². The molecule has 2 N–H and O–H groups in total.